The summed E-state index contributed by atoms with van der Waals surface area (Å²) in [7, 11) is 1.66. The molecule has 0 bridgehead atoms. The van der Waals surface area contributed by atoms with E-state index in [9.17, 15) is 18.4 Å². The second kappa shape index (κ2) is 14.0. The minimum absolute atomic E-state index is 0.0122. The Kier molecular flexibility index (Phi) is 10.4. The average Bonchev–Trinajstić information content (AvgIpc) is 2.87. The van der Waals surface area contributed by atoms with Crippen molar-refractivity contribution in [2.45, 2.75) is 95.1 Å². The van der Waals surface area contributed by atoms with E-state index in [1.54, 1.807) is 31.4 Å². The number of amides is 1. The molecule has 1 amide bonds. The molecule has 2 aliphatic rings. The number of nitrogens with one attached hydrogen (secondary N) is 1. The van der Waals surface area contributed by atoms with Crippen molar-refractivity contribution in [2.75, 3.05) is 7.11 Å². The molecule has 0 spiro atoms. The van der Waals surface area contributed by atoms with Crippen molar-refractivity contribution >= 4 is 11.7 Å². The molecule has 2 atom stereocenters. The van der Waals surface area contributed by atoms with Crippen LogP contribution in [-0.4, -0.2) is 30.9 Å². The first kappa shape index (κ1) is 28.4. The molecular weight excluding hydrogens is 484 g/mol. The van der Waals surface area contributed by atoms with Gasteiger partial charge in [-0.3, -0.25) is 9.59 Å². The van der Waals surface area contributed by atoms with Crippen LogP contribution in [0.5, 0.6) is 0 Å². The van der Waals surface area contributed by atoms with Crippen molar-refractivity contribution in [3.05, 3.63) is 71.3 Å². The van der Waals surface area contributed by atoms with Crippen LogP contribution in [0.3, 0.4) is 0 Å². The van der Waals surface area contributed by atoms with Crippen LogP contribution in [0.15, 0.2) is 48.5 Å². The second-order valence-electron chi connectivity index (χ2n) is 11.3. The van der Waals surface area contributed by atoms with Gasteiger partial charge in [-0.25, -0.2) is 8.78 Å². The SMILES string of the molecule is CO[C@H](CC(=O)C1CCC1)C(CCCC1CCC(NC(=O)Cc2ccc(F)cc2)CC1)c1cccc(F)c1. The van der Waals surface area contributed by atoms with E-state index >= 15 is 0 Å². The highest BCUT2D eigenvalue weighted by atomic mass is 19.1. The summed E-state index contributed by atoms with van der Waals surface area (Å²) in [5.74, 6) is 0.478. The van der Waals surface area contributed by atoms with Crippen molar-refractivity contribution in [3.8, 4) is 0 Å². The Morgan fingerprint density at radius 1 is 0.974 bits per heavy atom. The summed E-state index contributed by atoms with van der Waals surface area (Å²) in [6.45, 7) is 0. The fourth-order valence-corrected chi connectivity index (χ4v) is 6.08. The third-order valence-corrected chi connectivity index (χ3v) is 8.61. The van der Waals surface area contributed by atoms with Crippen LogP contribution < -0.4 is 5.32 Å². The second-order valence-corrected chi connectivity index (χ2v) is 11.3. The van der Waals surface area contributed by atoms with Gasteiger partial charge in [0.2, 0.25) is 5.91 Å². The number of methoxy groups -OCH3 is 1. The van der Waals surface area contributed by atoms with Crippen molar-refractivity contribution < 1.29 is 23.1 Å². The molecule has 4 rings (SSSR count). The number of hydrogen-bond donors (Lipinski definition) is 1. The third-order valence-electron chi connectivity index (χ3n) is 8.61. The number of rotatable bonds is 13. The number of Topliss-reactive ketones (excluding diaryl/α,β-unsaturated/α-hetero) is 1. The van der Waals surface area contributed by atoms with Gasteiger partial charge in [-0.15, -0.1) is 0 Å². The van der Waals surface area contributed by atoms with E-state index in [2.05, 4.69) is 5.32 Å². The van der Waals surface area contributed by atoms with Crippen molar-refractivity contribution in [1.29, 1.82) is 0 Å². The normalized spacial score (nSPS) is 21.3. The minimum atomic E-state index is -0.297. The zero-order valence-corrected chi connectivity index (χ0v) is 22.5. The average molecular weight is 526 g/mol. The van der Waals surface area contributed by atoms with Crippen LogP contribution in [0, 0.1) is 23.5 Å². The number of halogens is 2. The van der Waals surface area contributed by atoms with E-state index in [0.29, 0.717) is 12.3 Å². The highest BCUT2D eigenvalue weighted by Gasteiger charge is 2.31. The van der Waals surface area contributed by atoms with Gasteiger partial charge in [0.1, 0.15) is 17.4 Å². The number of ether oxygens (including phenoxy) is 1. The lowest BCUT2D eigenvalue weighted by Crippen LogP contribution is -2.38. The number of benzene rings is 2. The first-order chi connectivity index (χ1) is 18.4. The lowest BCUT2D eigenvalue weighted by Gasteiger charge is -2.31. The summed E-state index contributed by atoms with van der Waals surface area (Å²) in [6.07, 6.45) is 10.5. The smallest absolute Gasteiger partial charge is 0.224 e. The molecule has 0 radical (unpaired) electrons. The highest BCUT2D eigenvalue weighted by molar-refractivity contribution is 5.82. The predicted molar refractivity (Wildman–Crippen MR) is 145 cm³/mol. The summed E-state index contributed by atoms with van der Waals surface area (Å²) >= 11 is 0. The monoisotopic (exact) mass is 525 g/mol. The van der Waals surface area contributed by atoms with E-state index in [0.717, 1.165) is 75.3 Å². The van der Waals surface area contributed by atoms with Crippen LogP contribution in [0.4, 0.5) is 8.78 Å². The molecule has 0 aromatic heterocycles. The van der Waals surface area contributed by atoms with Gasteiger partial charge in [-0.1, -0.05) is 43.5 Å². The minimum Gasteiger partial charge on any atom is -0.380 e. The van der Waals surface area contributed by atoms with Crippen LogP contribution in [0.2, 0.25) is 0 Å². The fourth-order valence-electron chi connectivity index (χ4n) is 6.08. The number of ketones is 1. The van der Waals surface area contributed by atoms with Crippen molar-refractivity contribution in [2.24, 2.45) is 11.8 Å². The van der Waals surface area contributed by atoms with Crippen LogP contribution in [-0.2, 0) is 20.7 Å². The van der Waals surface area contributed by atoms with Crippen LogP contribution >= 0.6 is 0 Å². The van der Waals surface area contributed by atoms with Gasteiger partial charge in [0.15, 0.2) is 0 Å². The van der Waals surface area contributed by atoms with Gasteiger partial charge in [0, 0.05) is 31.4 Å². The maximum absolute atomic E-state index is 14.1. The fraction of sp³-hybridized carbons (Fsp3) is 0.562. The Labute approximate surface area is 225 Å². The zero-order valence-electron chi connectivity index (χ0n) is 22.5. The quantitative estimate of drug-likeness (QED) is 0.309. The Morgan fingerprint density at radius 3 is 2.34 bits per heavy atom. The topological polar surface area (TPSA) is 55.4 Å². The van der Waals surface area contributed by atoms with Crippen LogP contribution in [0.25, 0.3) is 0 Å². The summed E-state index contributed by atoms with van der Waals surface area (Å²) in [6, 6.07) is 13.0. The molecule has 38 heavy (non-hydrogen) atoms. The molecular formula is C32H41F2NO3. The lowest BCUT2D eigenvalue weighted by atomic mass is 9.77. The summed E-state index contributed by atoms with van der Waals surface area (Å²) in [5.41, 5.74) is 1.72. The zero-order chi connectivity index (χ0) is 26.9. The van der Waals surface area contributed by atoms with Gasteiger partial charge in [0.05, 0.1) is 12.5 Å². The molecule has 0 heterocycles. The largest absolute Gasteiger partial charge is 0.380 e. The number of carbonyl (C=O) groups excluding carboxylic acids is 2. The van der Waals surface area contributed by atoms with Gasteiger partial charge >= 0.3 is 0 Å². The van der Waals surface area contributed by atoms with E-state index in [1.165, 1.54) is 18.2 Å². The maximum atomic E-state index is 14.1. The Balaban J connectivity index is 1.24. The molecule has 0 aliphatic heterocycles. The molecule has 206 valence electrons. The van der Waals surface area contributed by atoms with Crippen LogP contribution in [0.1, 0.15) is 87.7 Å². The summed E-state index contributed by atoms with van der Waals surface area (Å²) < 4.78 is 33.0. The lowest BCUT2D eigenvalue weighted by molar-refractivity contribution is -0.128. The van der Waals surface area contributed by atoms with Gasteiger partial charge in [-0.05, 0) is 86.3 Å². The standard InChI is InChI=1S/C32H41F2NO3/c1-38-31(21-30(36)24-6-3-7-24)29(25-8-4-9-27(34)20-25)10-2-5-22-13-17-28(18-14-22)35-32(37)19-23-11-15-26(33)16-12-23/h4,8-9,11-12,15-16,20,22,24,28-29,31H,2-3,5-7,10,13-14,17-19,21H2,1H3,(H,35,37)/t22?,28?,29?,31-/m1/s1. The summed E-state index contributed by atoms with van der Waals surface area (Å²) in [5, 5.41) is 3.15. The van der Waals surface area contributed by atoms with E-state index in [1.807, 2.05) is 6.07 Å². The Morgan fingerprint density at radius 2 is 1.71 bits per heavy atom. The van der Waals surface area contributed by atoms with E-state index in [4.69, 9.17) is 4.74 Å². The van der Waals surface area contributed by atoms with Gasteiger partial charge < -0.3 is 10.1 Å². The van der Waals surface area contributed by atoms with Gasteiger partial charge in [-0.2, -0.15) is 0 Å². The highest BCUT2D eigenvalue weighted by Crippen LogP contribution is 2.36. The molecule has 2 aromatic rings. The number of hydrogen-bond acceptors (Lipinski definition) is 3. The van der Waals surface area contributed by atoms with E-state index < -0.39 is 0 Å². The first-order valence-electron chi connectivity index (χ1n) is 14.3. The molecule has 2 saturated carbocycles. The first-order valence-corrected chi connectivity index (χ1v) is 14.3. The molecule has 1 unspecified atom stereocenters. The molecule has 2 aliphatic carbocycles. The van der Waals surface area contributed by atoms with Gasteiger partial charge in [0.25, 0.3) is 0 Å². The molecule has 4 nitrogen and oxygen atoms in total. The summed E-state index contributed by atoms with van der Waals surface area (Å²) in [4.78, 5) is 25.2. The molecule has 6 heteroatoms. The molecule has 0 saturated heterocycles. The molecule has 2 fully saturated rings. The molecule has 1 N–H and O–H groups in total. The number of carbonyl (C=O) groups is 2. The van der Waals surface area contributed by atoms with E-state index in [-0.39, 0.29) is 53.7 Å². The molecule has 2 aromatic carbocycles. The maximum Gasteiger partial charge on any atom is 0.224 e. The van der Waals surface area contributed by atoms with Crippen molar-refractivity contribution in [3.63, 3.8) is 0 Å². The third kappa shape index (κ3) is 8.20. The Bertz CT molecular complexity index is 1040. The predicted octanol–water partition coefficient (Wildman–Crippen LogP) is 6.91. The Hall–Kier alpha value is -2.60. The van der Waals surface area contributed by atoms with Crippen molar-refractivity contribution in [1.82, 2.24) is 5.32 Å².